The average molecular weight is 198 g/mol. The minimum Gasteiger partial charge on any atom is -0.481 e. The van der Waals surface area contributed by atoms with Crippen LogP contribution in [0.2, 0.25) is 0 Å². The van der Waals surface area contributed by atoms with E-state index < -0.39 is 11.9 Å². The van der Waals surface area contributed by atoms with E-state index >= 15 is 0 Å². The summed E-state index contributed by atoms with van der Waals surface area (Å²) in [6, 6.07) is 0. The maximum atomic E-state index is 11.8. The molecular weight excluding hydrogens is 180 g/mol. The second kappa shape index (κ2) is 4.58. The number of aliphatic carboxylic acids is 1. The highest BCUT2D eigenvalue weighted by Crippen LogP contribution is 2.29. The maximum Gasteiger partial charge on any atom is 0.306 e. The Morgan fingerprint density at radius 2 is 2.00 bits per heavy atom. The highest BCUT2D eigenvalue weighted by molar-refractivity contribution is 5.87. The third kappa shape index (κ3) is 2.34. The Morgan fingerprint density at radius 3 is 2.57 bits per heavy atom. The van der Waals surface area contributed by atoms with Crippen LogP contribution in [0.25, 0.3) is 0 Å². The third-order valence-electron chi connectivity index (χ3n) is 3.25. The molecule has 14 heavy (non-hydrogen) atoms. The van der Waals surface area contributed by atoms with Crippen LogP contribution in [0.1, 0.15) is 39.5 Å². The summed E-state index contributed by atoms with van der Waals surface area (Å²) >= 11 is 0. The fourth-order valence-electron chi connectivity index (χ4n) is 2.13. The van der Waals surface area contributed by atoms with Crippen molar-refractivity contribution < 1.29 is 14.7 Å². The van der Waals surface area contributed by atoms with Gasteiger partial charge in [0.15, 0.2) is 0 Å². The van der Waals surface area contributed by atoms with Crippen LogP contribution in [0.5, 0.6) is 0 Å². The van der Waals surface area contributed by atoms with Crippen LogP contribution < -0.4 is 0 Å². The summed E-state index contributed by atoms with van der Waals surface area (Å²) in [5.41, 5.74) is 0. The number of carbonyl (C=O) groups is 2. The van der Waals surface area contributed by atoms with Crippen LogP contribution in [-0.4, -0.2) is 16.9 Å². The molecule has 1 N–H and O–H groups in total. The summed E-state index contributed by atoms with van der Waals surface area (Å²) < 4.78 is 0. The Morgan fingerprint density at radius 1 is 1.43 bits per heavy atom. The highest BCUT2D eigenvalue weighted by atomic mass is 16.4. The van der Waals surface area contributed by atoms with Crippen molar-refractivity contribution in [3.05, 3.63) is 0 Å². The maximum absolute atomic E-state index is 11.8. The lowest BCUT2D eigenvalue weighted by molar-refractivity contribution is -0.146. The molecule has 3 atom stereocenters. The summed E-state index contributed by atoms with van der Waals surface area (Å²) in [6.45, 7) is 3.55. The number of hydrogen-bond acceptors (Lipinski definition) is 2. The van der Waals surface area contributed by atoms with E-state index in [0.717, 1.165) is 25.7 Å². The summed E-state index contributed by atoms with van der Waals surface area (Å²) in [6.07, 6.45) is 3.70. The molecule has 0 aliphatic heterocycles. The van der Waals surface area contributed by atoms with Crippen molar-refractivity contribution in [3.63, 3.8) is 0 Å². The van der Waals surface area contributed by atoms with Crippen LogP contribution in [-0.2, 0) is 9.59 Å². The van der Waals surface area contributed by atoms with Crippen molar-refractivity contribution in [3.8, 4) is 0 Å². The van der Waals surface area contributed by atoms with Gasteiger partial charge in [-0.1, -0.05) is 26.7 Å². The fourth-order valence-corrected chi connectivity index (χ4v) is 2.13. The quantitative estimate of drug-likeness (QED) is 0.691. The molecule has 0 bridgehead atoms. The summed E-state index contributed by atoms with van der Waals surface area (Å²) in [5, 5.41) is 8.88. The van der Waals surface area contributed by atoms with Gasteiger partial charge in [0.1, 0.15) is 5.78 Å². The normalized spacial score (nSPS) is 30.9. The van der Waals surface area contributed by atoms with Crippen LogP contribution >= 0.6 is 0 Å². The van der Waals surface area contributed by atoms with E-state index in [1.54, 1.807) is 6.92 Å². The fraction of sp³-hybridized carbons (Fsp3) is 0.818. The van der Waals surface area contributed by atoms with E-state index in [-0.39, 0.29) is 17.6 Å². The summed E-state index contributed by atoms with van der Waals surface area (Å²) in [7, 11) is 0. The lowest BCUT2D eigenvalue weighted by Crippen LogP contribution is -2.30. The number of carbonyl (C=O) groups excluding carboxylic acids is 1. The van der Waals surface area contributed by atoms with Gasteiger partial charge in [-0.15, -0.1) is 0 Å². The molecule has 0 amide bonds. The Balaban J connectivity index is 2.74. The first-order valence-electron chi connectivity index (χ1n) is 5.30. The van der Waals surface area contributed by atoms with E-state index in [1.807, 2.05) is 6.92 Å². The molecule has 0 saturated heterocycles. The zero-order valence-electron chi connectivity index (χ0n) is 8.82. The predicted molar refractivity (Wildman–Crippen MR) is 52.9 cm³/mol. The van der Waals surface area contributed by atoms with Crippen molar-refractivity contribution in [1.29, 1.82) is 0 Å². The smallest absolute Gasteiger partial charge is 0.306 e. The van der Waals surface area contributed by atoms with Crippen molar-refractivity contribution in [2.45, 2.75) is 39.5 Å². The van der Waals surface area contributed by atoms with Gasteiger partial charge in [0.2, 0.25) is 0 Å². The number of hydrogen-bond donors (Lipinski definition) is 1. The van der Waals surface area contributed by atoms with Gasteiger partial charge in [0, 0.05) is 11.8 Å². The van der Waals surface area contributed by atoms with Crippen molar-refractivity contribution in [2.24, 2.45) is 17.8 Å². The first-order chi connectivity index (χ1) is 6.54. The van der Waals surface area contributed by atoms with E-state index in [0.29, 0.717) is 0 Å². The Bertz CT molecular complexity index is 235. The monoisotopic (exact) mass is 198 g/mol. The number of carboxylic acids is 1. The molecule has 0 radical (unpaired) electrons. The van der Waals surface area contributed by atoms with Crippen molar-refractivity contribution in [1.82, 2.24) is 0 Å². The van der Waals surface area contributed by atoms with Gasteiger partial charge in [0.05, 0.1) is 5.92 Å². The van der Waals surface area contributed by atoms with E-state index in [9.17, 15) is 9.59 Å². The molecule has 3 heteroatoms. The van der Waals surface area contributed by atoms with Gasteiger partial charge < -0.3 is 5.11 Å². The molecule has 1 aliphatic carbocycles. The lowest BCUT2D eigenvalue weighted by atomic mass is 9.83. The molecule has 0 heterocycles. The zero-order valence-corrected chi connectivity index (χ0v) is 8.82. The zero-order chi connectivity index (χ0) is 10.7. The predicted octanol–water partition coefficient (Wildman–Crippen LogP) is 2.10. The second-order valence-electron chi connectivity index (χ2n) is 4.32. The first-order valence-corrected chi connectivity index (χ1v) is 5.30. The topological polar surface area (TPSA) is 54.4 Å². The minimum atomic E-state index is -0.850. The van der Waals surface area contributed by atoms with Gasteiger partial charge in [0.25, 0.3) is 0 Å². The van der Waals surface area contributed by atoms with Crippen LogP contribution in [0.3, 0.4) is 0 Å². The average Bonchev–Trinajstić information content (AvgIpc) is 2.29. The molecule has 1 fully saturated rings. The molecule has 0 spiro atoms. The lowest BCUT2D eigenvalue weighted by Gasteiger charge is -2.19. The van der Waals surface area contributed by atoms with E-state index in [4.69, 9.17) is 5.11 Å². The van der Waals surface area contributed by atoms with Gasteiger partial charge in [-0.2, -0.15) is 0 Å². The van der Waals surface area contributed by atoms with Crippen LogP contribution in [0.15, 0.2) is 0 Å². The number of rotatable bonds is 2. The van der Waals surface area contributed by atoms with Crippen molar-refractivity contribution in [2.75, 3.05) is 0 Å². The third-order valence-corrected chi connectivity index (χ3v) is 3.25. The van der Waals surface area contributed by atoms with E-state index in [2.05, 4.69) is 0 Å². The number of ketones is 1. The molecule has 0 aromatic carbocycles. The molecular formula is C11H18O3. The molecule has 1 aliphatic rings. The molecule has 1 saturated carbocycles. The minimum absolute atomic E-state index is 0.0456. The summed E-state index contributed by atoms with van der Waals surface area (Å²) in [4.78, 5) is 22.6. The molecule has 80 valence electrons. The highest BCUT2D eigenvalue weighted by Gasteiger charge is 2.33. The Labute approximate surface area is 84.5 Å². The van der Waals surface area contributed by atoms with Crippen LogP contribution in [0, 0.1) is 17.8 Å². The van der Waals surface area contributed by atoms with E-state index in [1.165, 1.54) is 0 Å². The number of carboxylic acid groups (broad SMARTS) is 1. The van der Waals surface area contributed by atoms with Gasteiger partial charge in [-0.05, 0) is 12.8 Å². The largest absolute Gasteiger partial charge is 0.481 e. The number of Topliss-reactive ketones (excluding diaryl/α,β-unsaturated/α-hetero) is 1. The molecule has 0 aromatic rings. The van der Waals surface area contributed by atoms with Gasteiger partial charge in [-0.3, -0.25) is 9.59 Å². The molecule has 0 aromatic heterocycles. The SMILES string of the molecule is CC1CCCCC(C(C)C(=O)O)C1=O. The molecule has 1 rings (SSSR count). The second-order valence-corrected chi connectivity index (χ2v) is 4.32. The van der Waals surface area contributed by atoms with Gasteiger partial charge >= 0.3 is 5.97 Å². The Kier molecular flexibility index (Phi) is 3.67. The Hall–Kier alpha value is -0.860. The van der Waals surface area contributed by atoms with Gasteiger partial charge in [-0.25, -0.2) is 0 Å². The standard InChI is InChI=1S/C11H18O3/c1-7-5-3-4-6-9(10(7)12)8(2)11(13)14/h7-9H,3-6H2,1-2H3,(H,13,14). The van der Waals surface area contributed by atoms with Crippen molar-refractivity contribution >= 4 is 11.8 Å². The summed E-state index contributed by atoms with van der Waals surface area (Å²) in [5.74, 6) is -1.44. The molecule has 3 unspecified atom stereocenters. The van der Waals surface area contributed by atoms with Crippen LogP contribution in [0.4, 0.5) is 0 Å². The molecule has 3 nitrogen and oxygen atoms in total. The first kappa shape index (κ1) is 11.2.